The molecule has 2 rings (SSSR count). The lowest BCUT2D eigenvalue weighted by Gasteiger charge is -2.36. The Hall–Kier alpha value is -0.570. The Balaban J connectivity index is 2.20. The molecule has 1 saturated carbocycles. The molecule has 0 aromatic carbocycles. The molecule has 0 aromatic rings. The number of ether oxygens (including phenoxy) is 2. The monoisotopic (exact) mass is 184 g/mol. The summed E-state index contributed by atoms with van der Waals surface area (Å²) in [4.78, 5) is 11.6. The first-order valence-corrected chi connectivity index (χ1v) is 4.99. The molecule has 74 valence electrons. The van der Waals surface area contributed by atoms with Crippen LogP contribution < -0.4 is 0 Å². The molecular weight excluding hydrogens is 168 g/mol. The van der Waals surface area contributed by atoms with E-state index in [2.05, 4.69) is 0 Å². The summed E-state index contributed by atoms with van der Waals surface area (Å²) in [6.45, 7) is 0.582. The average Bonchev–Trinajstić information content (AvgIpc) is 2.50. The fourth-order valence-corrected chi connectivity index (χ4v) is 2.64. The molecule has 0 aromatic heterocycles. The van der Waals surface area contributed by atoms with E-state index in [9.17, 15) is 4.79 Å². The van der Waals surface area contributed by atoms with Gasteiger partial charge in [-0.2, -0.15) is 0 Å². The Labute approximate surface area is 78.4 Å². The summed E-state index contributed by atoms with van der Waals surface area (Å²) in [5, 5.41) is 0. The molecule has 1 heterocycles. The maximum atomic E-state index is 11.6. The Morgan fingerprint density at radius 2 is 2.31 bits per heavy atom. The maximum Gasteiger partial charge on any atom is 0.314 e. The minimum Gasteiger partial charge on any atom is -0.465 e. The molecule has 2 fully saturated rings. The van der Waals surface area contributed by atoms with Crippen LogP contribution in [0.15, 0.2) is 0 Å². The minimum absolute atomic E-state index is 0.0287. The first kappa shape index (κ1) is 9.00. The Morgan fingerprint density at radius 1 is 1.46 bits per heavy atom. The molecule has 13 heavy (non-hydrogen) atoms. The van der Waals surface area contributed by atoms with Gasteiger partial charge in [-0.25, -0.2) is 0 Å². The van der Waals surface area contributed by atoms with Crippen LogP contribution in [0, 0.1) is 5.41 Å². The number of esters is 1. The Kier molecular flexibility index (Phi) is 2.28. The quantitative estimate of drug-likeness (QED) is 0.579. The molecule has 0 amide bonds. The molecule has 0 N–H and O–H groups in total. The molecule has 0 radical (unpaired) electrons. The van der Waals surface area contributed by atoms with Crippen molar-refractivity contribution in [1.29, 1.82) is 0 Å². The van der Waals surface area contributed by atoms with Gasteiger partial charge in [0.05, 0.1) is 18.1 Å². The van der Waals surface area contributed by atoms with Gasteiger partial charge in [0.2, 0.25) is 0 Å². The fraction of sp³-hybridized carbons (Fsp3) is 0.900. The molecular formula is C10H16O3. The molecule has 1 aliphatic carbocycles. The second kappa shape index (κ2) is 3.29. The van der Waals surface area contributed by atoms with Gasteiger partial charge in [0.15, 0.2) is 0 Å². The second-order valence-corrected chi connectivity index (χ2v) is 4.01. The summed E-state index contributed by atoms with van der Waals surface area (Å²) in [5.41, 5.74) is -0.285. The summed E-state index contributed by atoms with van der Waals surface area (Å²) < 4.78 is 10.5. The summed E-state index contributed by atoms with van der Waals surface area (Å²) >= 11 is 0. The Morgan fingerprint density at radius 3 is 2.92 bits per heavy atom. The zero-order chi connectivity index (χ0) is 9.31. The molecule has 3 nitrogen and oxygen atoms in total. The minimum atomic E-state index is -0.285. The third-order valence-electron chi connectivity index (χ3n) is 3.43. The van der Waals surface area contributed by atoms with Gasteiger partial charge in [0.1, 0.15) is 0 Å². The van der Waals surface area contributed by atoms with Crippen molar-refractivity contribution in [2.24, 2.45) is 5.41 Å². The Bertz CT molecular complexity index is 214. The van der Waals surface area contributed by atoms with E-state index in [0.717, 1.165) is 25.7 Å². The molecule has 1 saturated heterocycles. The normalized spacial score (nSPS) is 39.5. The van der Waals surface area contributed by atoms with E-state index in [4.69, 9.17) is 9.47 Å². The standard InChI is InChI=1S/C10H16O3/c1-12-8-4-2-3-5-10(8)6-7-13-9(10)11/h8H,2-7H2,1H3. The van der Waals surface area contributed by atoms with Crippen LogP contribution in [0.2, 0.25) is 0 Å². The van der Waals surface area contributed by atoms with Crippen LogP contribution in [0.4, 0.5) is 0 Å². The van der Waals surface area contributed by atoms with Crippen LogP contribution in [0.1, 0.15) is 32.1 Å². The maximum absolute atomic E-state index is 11.6. The zero-order valence-corrected chi connectivity index (χ0v) is 8.04. The molecule has 1 aliphatic heterocycles. The molecule has 1 spiro atoms. The third kappa shape index (κ3) is 1.26. The highest BCUT2D eigenvalue weighted by atomic mass is 16.5. The van der Waals surface area contributed by atoms with Gasteiger partial charge < -0.3 is 9.47 Å². The first-order chi connectivity index (χ1) is 6.29. The van der Waals surface area contributed by atoms with Crippen LogP contribution in [0.3, 0.4) is 0 Å². The van der Waals surface area contributed by atoms with E-state index in [0.29, 0.717) is 6.61 Å². The smallest absolute Gasteiger partial charge is 0.314 e. The summed E-state index contributed by atoms with van der Waals surface area (Å²) in [5.74, 6) is -0.0287. The van der Waals surface area contributed by atoms with Gasteiger partial charge in [-0.05, 0) is 12.8 Å². The van der Waals surface area contributed by atoms with E-state index in [-0.39, 0.29) is 17.5 Å². The lowest BCUT2D eigenvalue weighted by molar-refractivity contribution is -0.156. The zero-order valence-electron chi connectivity index (χ0n) is 8.04. The molecule has 2 unspecified atom stereocenters. The van der Waals surface area contributed by atoms with Crippen molar-refractivity contribution >= 4 is 5.97 Å². The van der Waals surface area contributed by atoms with Crippen LogP contribution in [-0.4, -0.2) is 25.8 Å². The predicted molar refractivity (Wildman–Crippen MR) is 47.3 cm³/mol. The van der Waals surface area contributed by atoms with Gasteiger partial charge >= 0.3 is 5.97 Å². The first-order valence-electron chi connectivity index (χ1n) is 4.99. The largest absolute Gasteiger partial charge is 0.465 e. The van der Waals surface area contributed by atoms with Crippen molar-refractivity contribution in [3.05, 3.63) is 0 Å². The van der Waals surface area contributed by atoms with Crippen LogP contribution in [0.5, 0.6) is 0 Å². The van der Waals surface area contributed by atoms with Gasteiger partial charge in [-0.15, -0.1) is 0 Å². The molecule has 2 atom stereocenters. The second-order valence-electron chi connectivity index (χ2n) is 4.01. The van der Waals surface area contributed by atoms with E-state index in [1.54, 1.807) is 7.11 Å². The number of methoxy groups -OCH3 is 1. The highest BCUT2D eigenvalue weighted by molar-refractivity contribution is 5.79. The fourth-order valence-electron chi connectivity index (χ4n) is 2.64. The lowest BCUT2D eigenvalue weighted by Crippen LogP contribution is -2.42. The van der Waals surface area contributed by atoms with E-state index in [1.165, 1.54) is 6.42 Å². The summed E-state index contributed by atoms with van der Waals surface area (Å²) in [6, 6.07) is 0. The van der Waals surface area contributed by atoms with Crippen molar-refractivity contribution in [1.82, 2.24) is 0 Å². The van der Waals surface area contributed by atoms with E-state index in [1.807, 2.05) is 0 Å². The number of cyclic esters (lactones) is 1. The number of carbonyl (C=O) groups excluding carboxylic acids is 1. The summed E-state index contributed by atoms with van der Waals surface area (Å²) in [7, 11) is 1.70. The summed E-state index contributed by atoms with van der Waals surface area (Å²) in [6.07, 6.45) is 5.21. The van der Waals surface area contributed by atoms with E-state index >= 15 is 0 Å². The van der Waals surface area contributed by atoms with Crippen molar-refractivity contribution in [3.63, 3.8) is 0 Å². The van der Waals surface area contributed by atoms with Crippen molar-refractivity contribution < 1.29 is 14.3 Å². The third-order valence-corrected chi connectivity index (χ3v) is 3.43. The van der Waals surface area contributed by atoms with Crippen molar-refractivity contribution in [3.8, 4) is 0 Å². The molecule has 2 aliphatic rings. The highest BCUT2D eigenvalue weighted by Crippen LogP contribution is 2.45. The lowest BCUT2D eigenvalue weighted by atomic mass is 9.71. The predicted octanol–water partition coefficient (Wildman–Crippen LogP) is 1.51. The topological polar surface area (TPSA) is 35.5 Å². The number of carbonyl (C=O) groups is 1. The van der Waals surface area contributed by atoms with Gasteiger partial charge in [-0.1, -0.05) is 12.8 Å². The SMILES string of the molecule is COC1CCCCC12CCOC2=O. The van der Waals surface area contributed by atoms with Gasteiger partial charge in [0, 0.05) is 13.5 Å². The van der Waals surface area contributed by atoms with Crippen LogP contribution in [-0.2, 0) is 14.3 Å². The van der Waals surface area contributed by atoms with Crippen LogP contribution >= 0.6 is 0 Å². The number of hydrogen-bond donors (Lipinski definition) is 0. The van der Waals surface area contributed by atoms with Gasteiger partial charge in [0.25, 0.3) is 0 Å². The van der Waals surface area contributed by atoms with Crippen molar-refractivity contribution in [2.75, 3.05) is 13.7 Å². The average molecular weight is 184 g/mol. The number of hydrogen-bond acceptors (Lipinski definition) is 3. The number of rotatable bonds is 1. The van der Waals surface area contributed by atoms with Crippen LogP contribution in [0.25, 0.3) is 0 Å². The highest BCUT2D eigenvalue weighted by Gasteiger charge is 2.51. The van der Waals surface area contributed by atoms with Crippen molar-refractivity contribution in [2.45, 2.75) is 38.2 Å². The molecule has 0 bridgehead atoms. The van der Waals surface area contributed by atoms with Gasteiger partial charge in [-0.3, -0.25) is 4.79 Å². The molecule has 3 heteroatoms. The van der Waals surface area contributed by atoms with E-state index < -0.39 is 0 Å².